The van der Waals surface area contributed by atoms with Crippen molar-refractivity contribution in [1.29, 1.82) is 0 Å². The Morgan fingerprint density at radius 3 is 2.33 bits per heavy atom. The summed E-state index contributed by atoms with van der Waals surface area (Å²) in [5.41, 5.74) is 4.48. The maximum Gasteiger partial charge on any atom is 0.307 e. The summed E-state index contributed by atoms with van der Waals surface area (Å²) >= 11 is 0. The Morgan fingerprint density at radius 2 is 1.81 bits per heavy atom. The first-order valence-electron chi connectivity index (χ1n) is 8.67. The fourth-order valence-electron chi connectivity index (χ4n) is 2.52. The zero-order valence-corrected chi connectivity index (χ0v) is 16.3. The molecule has 0 unspecified atom stereocenters. The molecule has 0 saturated heterocycles. The van der Waals surface area contributed by atoms with E-state index in [1.165, 1.54) is 11.9 Å². The Kier molecular flexibility index (Phi) is 7.83. The number of carbonyl (C=O) groups is 2. The lowest BCUT2D eigenvalue weighted by Gasteiger charge is -2.29. The third-order valence-electron chi connectivity index (χ3n) is 4.07. The second-order valence-electron chi connectivity index (χ2n) is 7.59. The third kappa shape index (κ3) is 6.86. The third-order valence-corrected chi connectivity index (χ3v) is 4.07. The SMILES string of the molecule is C[C@@H](CN)N(C)C(=O)[C@@H](CC(=O)OC(C)(C)C)Cc1cc(F)cc(F)c1F. The molecule has 27 heavy (non-hydrogen) atoms. The zero-order valence-electron chi connectivity index (χ0n) is 16.3. The van der Waals surface area contributed by atoms with Crippen LogP contribution in [0.2, 0.25) is 0 Å². The predicted molar refractivity (Wildman–Crippen MR) is 95.3 cm³/mol. The van der Waals surface area contributed by atoms with Gasteiger partial charge in [0.2, 0.25) is 5.91 Å². The van der Waals surface area contributed by atoms with Gasteiger partial charge in [-0.25, -0.2) is 13.2 Å². The molecule has 0 aliphatic rings. The van der Waals surface area contributed by atoms with Gasteiger partial charge in [0, 0.05) is 25.7 Å². The molecule has 1 aromatic rings. The van der Waals surface area contributed by atoms with Crippen LogP contribution in [0.25, 0.3) is 0 Å². The number of rotatable bonds is 7. The van der Waals surface area contributed by atoms with Crippen molar-refractivity contribution in [3.63, 3.8) is 0 Å². The second kappa shape index (κ2) is 9.21. The fourth-order valence-corrected chi connectivity index (χ4v) is 2.52. The first kappa shape index (κ1) is 23.0. The normalized spacial score (nSPS) is 13.8. The van der Waals surface area contributed by atoms with Crippen molar-refractivity contribution in [1.82, 2.24) is 4.90 Å². The zero-order chi connectivity index (χ0) is 20.9. The highest BCUT2D eigenvalue weighted by Crippen LogP contribution is 2.23. The molecule has 0 heterocycles. The van der Waals surface area contributed by atoms with Gasteiger partial charge in [0.25, 0.3) is 0 Å². The van der Waals surface area contributed by atoms with Gasteiger partial charge in [0.05, 0.1) is 12.3 Å². The summed E-state index contributed by atoms with van der Waals surface area (Å²) in [5.74, 6) is -5.74. The quantitative estimate of drug-likeness (QED) is 0.576. The second-order valence-corrected chi connectivity index (χ2v) is 7.59. The Balaban J connectivity index is 3.14. The van der Waals surface area contributed by atoms with Crippen molar-refractivity contribution in [3.8, 4) is 0 Å². The van der Waals surface area contributed by atoms with Gasteiger partial charge in [-0.15, -0.1) is 0 Å². The Bertz CT molecular complexity index is 690. The molecule has 2 atom stereocenters. The van der Waals surface area contributed by atoms with Crippen LogP contribution in [0.3, 0.4) is 0 Å². The fraction of sp³-hybridized carbons (Fsp3) is 0.579. The molecule has 8 heteroatoms. The molecular weight excluding hydrogens is 361 g/mol. The number of amides is 1. The van der Waals surface area contributed by atoms with Gasteiger partial charge in [0.15, 0.2) is 11.6 Å². The van der Waals surface area contributed by atoms with Gasteiger partial charge in [-0.2, -0.15) is 0 Å². The summed E-state index contributed by atoms with van der Waals surface area (Å²) in [7, 11) is 1.50. The average molecular weight is 388 g/mol. The lowest BCUT2D eigenvalue weighted by molar-refractivity contribution is -0.158. The van der Waals surface area contributed by atoms with Crippen molar-refractivity contribution in [2.24, 2.45) is 11.7 Å². The molecule has 152 valence electrons. The van der Waals surface area contributed by atoms with Crippen LogP contribution in [0, 0.1) is 23.4 Å². The van der Waals surface area contributed by atoms with Crippen molar-refractivity contribution < 1.29 is 27.5 Å². The highest BCUT2D eigenvalue weighted by Gasteiger charge is 2.30. The van der Waals surface area contributed by atoms with E-state index in [0.29, 0.717) is 6.07 Å². The Hall–Kier alpha value is -2.09. The summed E-state index contributed by atoms with van der Waals surface area (Å²) in [6.07, 6.45) is -0.699. The first-order chi connectivity index (χ1) is 12.4. The van der Waals surface area contributed by atoms with Crippen LogP contribution >= 0.6 is 0 Å². The monoisotopic (exact) mass is 388 g/mol. The Morgan fingerprint density at radius 1 is 1.22 bits per heavy atom. The van der Waals surface area contributed by atoms with E-state index >= 15 is 0 Å². The molecule has 1 amide bonds. The minimum atomic E-state index is -1.35. The first-order valence-corrected chi connectivity index (χ1v) is 8.67. The molecule has 0 spiro atoms. The Labute approximate surface area is 157 Å². The van der Waals surface area contributed by atoms with Crippen LogP contribution in [0.1, 0.15) is 39.7 Å². The van der Waals surface area contributed by atoms with Crippen molar-refractivity contribution in [2.75, 3.05) is 13.6 Å². The minimum absolute atomic E-state index is 0.185. The maximum absolute atomic E-state index is 14.0. The number of carbonyl (C=O) groups excluding carboxylic acids is 2. The maximum atomic E-state index is 14.0. The number of hydrogen-bond donors (Lipinski definition) is 1. The summed E-state index contributed by atoms with van der Waals surface area (Å²) < 4.78 is 46.2. The number of likely N-dealkylation sites (N-methyl/N-ethyl adjacent to an activating group) is 1. The van der Waals surface area contributed by atoms with Crippen LogP contribution in [0.15, 0.2) is 12.1 Å². The largest absolute Gasteiger partial charge is 0.460 e. The molecule has 1 rings (SSSR count). The van der Waals surface area contributed by atoms with E-state index in [4.69, 9.17) is 10.5 Å². The van der Waals surface area contributed by atoms with E-state index in [-0.39, 0.29) is 31.0 Å². The van der Waals surface area contributed by atoms with Crippen LogP contribution < -0.4 is 5.73 Å². The number of halogens is 3. The molecule has 5 nitrogen and oxygen atoms in total. The van der Waals surface area contributed by atoms with Crippen LogP contribution in [0.5, 0.6) is 0 Å². The van der Waals surface area contributed by atoms with Crippen molar-refractivity contribution in [3.05, 3.63) is 35.1 Å². The van der Waals surface area contributed by atoms with Crippen LogP contribution in [-0.4, -0.2) is 42.0 Å². The molecular formula is C19H27F3N2O3. The van der Waals surface area contributed by atoms with E-state index in [9.17, 15) is 22.8 Å². The van der Waals surface area contributed by atoms with Gasteiger partial charge in [-0.3, -0.25) is 9.59 Å². The molecule has 0 aliphatic heterocycles. The van der Waals surface area contributed by atoms with Crippen molar-refractivity contribution >= 4 is 11.9 Å². The van der Waals surface area contributed by atoms with Gasteiger partial charge in [-0.05, 0) is 45.7 Å². The van der Waals surface area contributed by atoms with E-state index in [1.54, 1.807) is 27.7 Å². The highest BCUT2D eigenvalue weighted by atomic mass is 19.2. The molecule has 2 N–H and O–H groups in total. The highest BCUT2D eigenvalue weighted by molar-refractivity contribution is 5.84. The van der Waals surface area contributed by atoms with E-state index < -0.39 is 40.8 Å². The smallest absolute Gasteiger partial charge is 0.307 e. The molecule has 0 bridgehead atoms. The average Bonchev–Trinajstić information content (AvgIpc) is 2.54. The van der Waals surface area contributed by atoms with E-state index in [2.05, 4.69) is 0 Å². The van der Waals surface area contributed by atoms with E-state index in [0.717, 1.165) is 6.07 Å². The van der Waals surface area contributed by atoms with Gasteiger partial charge >= 0.3 is 5.97 Å². The minimum Gasteiger partial charge on any atom is -0.460 e. The van der Waals surface area contributed by atoms with Crippen LogP contribution in [-0.2, 0) is 20.7 Å². The summed E-state index contributed by atoms with van der Waals surface area (Å²) in [4.78, 5) is 26.3. The van der Waals surface area contributed by atoms with Crippen LogP contribution in [0.4, 0.5) is 13.2 Å². The molecule has 0 aliphatic carbocycles. The number of esters is 1. The van der Waals surface area contributed by atoms with Crippen molar-refractivity contribution in [2.45, 2.75) is 52.2 Å². The summed E-state index contributed by atoms with van der Waals surface area (Å²) in [6, 6.07) is 0.916. The summed E-state index contributed by atoms with van der Waals surface area (Å²) in [5, 5.41) is 0. The number of hydrogen-bond acceptors (Lipinski definition) is 4. The van der Waals surface area contributed by atoms with Gasteiger partial charge in [-0.1, -0.05) is 0 Å². The number of benzene rings is 1. The number of nitrogens with two attached hydrogens (primary N) is 1. The molecule has 0 radical (unpaired) electrons. The number of ether oxygens (including phenoxy) is 1. The standard InChI is InChI=1S/C19H27F3N2O3/c1-11(10-23)24(5)18(26)13(8-16(25)27-19(2,3)4)6-12-7-14(20)9-15(21)17(12)22/h7,9,11,13H,6,8,10,23H2,1-5H3/t11-,13+/m0/s1. The lowest BCUT2D eigenvalue weighted by Crippen LogP contribution is -2.44. The molecule has 0 fully saturated rings. The molecule has 1 aromatic carbocycles. The lowest BCUT2D eigenvalue weighted by atomic mass is 9.93. The summed E-state index contributed by atoms with van der Waals surface area (Å²) in [6.45, 7) is 6.92. The van der Waals surface area contributed by atoms with Gasteiger partial charge in [0.1, 0.15) is 11.4 Å². The predicted octanol–water partition coefficient (Wildman–Crippen LogP) is 2.80. The number of nitrogens with zero attached hydrogens (tertiary/aromatic N) is 1. The topological polar surface area (TPSA) is 72.6 Å². The van der Waals surface area contributed by atoms with Gasteiger partial charge < -0.3 is 15.4 Å². The molecule has 0 aromatic heterocycles. The molecule has 0 saturated carbocycles. The van der Waals surface area contributed by atoms with E-state index in [1.807, 2.05) is 0 Å².